The minimum Gasteiger partial charge on any atom is -0.479 e. The molecule has 4 nitrogen and oxygen atoms in total. The van der Waals surface area contributed by atoms with Crippen LogP contribution in [0.4, 0.5) is 10.1 Å². The number of fused-ring (bicyclic) bond motifs is 1. The van der Waals surface area contributed by atoms with Gasteiger partial charge in [-0.25, -0.2) is 4.39 Å². The number of ether oxygens (including phenoxy) is 1. The van der Waals surface area contributed by atoms with Crippen molar-refractivity contribution in [1.82, 2.24) is 0 Å². The van der Waals surface area contributed by atoms with Crippen LogP contribution in [-0.4, -0.2) is 12.0 Å². The Kier molecular flexibility index (Phi) is 3.81. The summed E-state index contributed by atoms with van der Waals surface area (Å²) in [5, 5.41) is 0. The van der Waals surface area contributed by atoms with Crippen LogP contribution in [0.25, 0.3) is 0 Å². The van der Waals surface area contributed by atoms with Gasteiger partial charge >= 0.3 is 0 Å². The van der Waals surface area contributed by atoms with Crippen molar-refractivity contribution in [3.63, 3.8) is 0 Å². The molecule has 0 spiro atoms. The van der Waals surface area contributed by atoms with E-state index < -0.39 is 6.10 Å². The second-order valence-electron chi connectivity index (χ2n) is 5.32. The molecular weight excluding hydrogens is 283 g/mol. The van der Waals surface area contributed by atoms with E-state index in [0.717, 1.165) is 11.1 Å². The standard InChI is InChI=1S/C17H17FN2O2/c1-11-17(21)20(10-12-2-5-14(18)6-3-12)15-7-4-13(9-19)8-16(15)22-11/h2-8,11H,9-10,19H2,1H3. The van der Waals surface area contributed by atoms with Crippen LogP contribution in [0.5, 0.6) is 5.75 Å². The molecule has 1 amide bonds. The molecule has 0 radical (unpaired) electrons. The molecule has 0 aliphatic carbocycles. The van der Waals surface area contributed by atoms with Crippen molar-refractivity contribution < 1.29 is 13.9 Å². The number of carbonyl (C=O) groups excluding carboxylic acids is 1. The first kappa shape index (κ1) is 14.5. The van der Waals surface area contributed by atoms with Crippen molar-refractivity contribution in [2.24, 2.45) is 5.73 Å². The average Bonchev–Trinajstić information content (AvgIpc) is 2.53. The second kappa shape index (κ2) is 5.77. The lowest BCUT2D eigenvalue weighted by Gasteiger charge is -2.33. The molecule has 1 atom stereocenters. The van der Waals surface area contributed by atoms with Crippen molar-refractivity contribution in [2.45, 2.75) is 26.1 Å². The highest BCUT2D eigenvalue weighted by Crippen LogP contribution is 2.35. The lowest BCUT2D eigenvalue weighted by molar-refractivity contribution is -0.125. The molecule has 0 saturated carbocycles. The topological polar surface area (TPSA) is 55.6 Å². The molecule has 1 heterocycles. The molecule has 5 heteroatoms. The van der Waals surface area contributed by atoms with E-state index in [4.69, 9.17) is 10.5 Å². The molecule has 2 N–H and O–H groups in total. The molecule has 3 rings (SSSR count). The van der Waals surface area contributed by atoms with Crippen molar-refractivity contribution >= 4 is 11.6 Å². The van der Waals surface area contributed by atoms with Gasteiger partial charge in [0.15, 0.2) is 6.10 Å². The molecule has 0 saturated heterocycles. The first-order valence-electron chi connectivity index (χ1n) is 7.14. The minimum absolute atomic E-state index is 0.114. The Hall–Kier alpha value is -2.40. The van der Waals surface area contributed by atoms with Crippen LogP contribution in [0.1, 0.15) is 18.1 Å². The fourth-order valence-corrected chi connectivity index (χ4v) is 2.52. The zero-order chi connectivity index (χ0) is 15.7. The predicted octanol–water partition coefficient (Wildman–Crippen LogP) is 2.60. The summed E-state index contributed by atoms with van der Waals surface area (Å²) in [4.78, 5) is 14.1. The van der Waals surface area contributed by atoms with Gasteiger partial charge in [-0.1, -0.05) is 18.2 Å². The summed E-state index contributed by atoms with van der Waals surface area (Å²) < 4.78 is 18.7. The summed E-state index contributed by atoms with van der Waals surface area (Å²) in [6.45, 7) is 2.51. The molecule has 0 fully saturated rings. The lowest BCUT2D eigenvalue weighted by atomic mass is 10.1. The van der Waals surface area contributed by atoms with Crippen LogP contribution in [0.3, 0.4) is 0 Å². The number of nitrogens with zero attached hydrogens (tertiary/aromatic N) is 1. The molecule has 114 valence electrons. The lowest BCUT2D eigenvalue weighted by Crippen LogP contribution is -2.44. The van der Waals surface area contributed by atoms with Gasteiger partial charge in [0.1, 0.15) is 11.6 Å². The Morgan fingerprint density at radius 2 is 1.86 bits per heavy atom. The maximum absolute atomic E-state index is 13.0. The van der Waals surface area contributed by atoms with Gasteiger partial charge in [-0.05, 0) is 42.3 Å². The van der Waals surface area contributed by atoms with Crippen molar-refractivity contribution in [1.29, 1.82) is 0 Å². The van der Waals surface area contributed by atoms with E-state index in [1.807, 2.05) is 18.2 Å². The fraction of sp³-hybridized carbons (Fsp3) is 0.235. The third kappa shape index (κ3) is 2.67. The summed E-state index contributed by atoms with van der Waals surface area (Å²) in [6, 6.07) is 11.7. The number of halogens is 1. The maximum Gasteiger partial charge on any atom is 0.268 e. The number of anilines is 1. The van der Waals surface area contributed by atoms with E-state index in [0.29, 0.717) is 24.5 Å². The fourth-order valence-electron chi connectivity index (χ4n) is 2.52. The van der Waals surface area contributed by atoms with Gasteiger partial charge in [0.25, 0.3) is 5.91 Å². The third-order valence-corrected chi connectivity index (χ3v) is 3.72. The van der Waals surface area contributed by atoms with Crippen LogP contribution in [-0.2, 0) is 17.9 Å². The normalized spacial score (nSPS) is 17.1. The van der Waals surface area contributed by atoms with Crippen molar-refractivity contribution in [3.05, 3.63) is 59.4 Å². The summed E-state index contributed by atoms with van der Waals surface area (Å²) in [7, 11) is 0. The Morgan fingerprint density at radius 1 is 1.18 bits per heavy atom. The molecule has 2 aromatic carbocycles. The van der Waals surface area contributed by atoms with Crippen LogP contribution < -0.4 is 15.4 Å². The molecule has 22 heavy (non-hydrogen) atoms. The van der Waals surface area contributed by atoms with Gasteiger partial charge in [-0.3, -0.25) is 4.79 Å². The highest BCUT2D eigenvalue weighted by atomic mass is 19.1. The van der Waals surface area contributed by atoms with E-state index in [9.17, 15) is 9.18 Å². The largest absolute Gasteiger partial charge is 0.479 e. The Bertz CT molecular complexity index is 700. The van der Waals surface area contributed by atoms with Gasteiger partial charge in [0.05, 0.1) is 12.2 Å². The van der Waals surface area contributed by atoms with Crippen molar-refractivity contribution in [3.8, 4) is 5.75 Å². The number of carbonyl (C=O) groups is 1. The van der Waals surface area contributed by atoms with Crippen molar-refractivity contribution in [2.75, 3.05) is 4.90 Å². The van der Waals surface area contributed by atoms with Gasteiger partial charge in [-0.15, -0.1) is 0 Å². The van der Waals surface area contributed by atoms with Gasteiger partial charge in [0, 0.05) is 6.54 Å². The molecule has 0 aromatic heterocycles. The molecule has 0 bridgehead atoms. The average molecular weight is 300 g/mol. The first-order chi connectivity index (χ1) is 10.6. The summed E-state index contributed by atoms with van der Waals surface area (Å²) in [5.74, 6) is 0.243. The Balaban J connectivity index is 1.96. The minimum atomic E-state index is -0.555. The number of hydrogen-bond donors (Lipinski definition) is 1. The van der Waals surface area contributed by atoms with E-state index in [-0.39, 0.29) is 11.7 Å². The summed E-state index contributed by atoms with van der Waals surface area (Å²) in [5.41, 5.74) is 8.16. The van der Waals surface area contributed by atoms with Crippen LogP contribution in [0.2, 0.25) is 0 Å². The Labute approximate surface area is 128 Å². The number of amides is 1. The number of nitrogens with two attached hydrogens (primary N) is 1. The monoisotopic (exact) mass is 300 g/mol. The number of benzene rings is 2. The number of hydrogen-bond acceptors (Lipinski definition) is 3. The first-order valence-corrected chi connectivity index (χ1v) is 7.14. The highest BCUT2D eigenvalue weighted by molar-refractivity contribution is 5.99. The predicted molar refractivity (Wildman–Crippen MR) is 82.0 cm³/mol. The maximum atomic E-state index is 13.0. The second-order valence-corrected chi connectivity index (χ2v) is 5.32. The van der Waals surface area contributed by atoms with E-state index in [1.165, 1.54) is 12.1 Å². The zero-order valence-electron chi connectivity index (χ0n) is 12.3. The highest BCUT2D eigenvalue weighted by Gasteiger charge is 2.31. The van der Waals surface area contributed by atoms with E-state index in [2.05, 4.69) is 0 Å². The summed E-state index contributed by atoms with van der Waals surface area (Å²) >= 11 is 0. The quantitative estimate of drug-likeness (QED) is 0.948. The Morgan fingerprint density at radius 3 is 2.55 bits per heavy atom. The van der Waals surface area contributed by atoms with Gasteiger partial charge in [0.2, 0.25) is 0 Å². The SMILES string of the molecule is CC1Oc2cc(CN)ccc2N(Cc2ccc(F)cc2)C1=O. The molecule has 2 aromatic rings. The van der Waals surface area contributed by atoms with Crippen LogP contribution in [0.15, 0.2) is 42.5 Å². The summed E-state index contributed by atoms with van der Waals surface area (Å²) in [6.07, 6.45) is -0.555. The van der Waals surface area contributed by atoms with Gasteiger partial charge in [-0.2, -0.15) is 0 Å². The molecular formula is C17H17FN2O2. The van der Waals surface area contributed by atoms with Crippen LogP contribution in [0, 0.1) is 5.82 Å². The van der Waals surface area contributed by atoms with E-state index >= 15 is 0 Å². The molecule has 1 aliphatic rings. The van der Waals surface area contributed by atoms with E-state index in [1.54, 1.807) is 24.0 Å². The zero-order valence-corrected chi connectivity index (χ0v) is 12.3. The third-order valence-electron chi connectivity index (χ3n) is 3.72. The molecule has 1 unspecified atom stereocenters. The molecule has 1 aliphatic heterocycles. The van der Waals surface area contributed by atoms with Gasteiger partial charge < -0.3 is 15.4 Å². The number of rotatable bonds is 3. The smallest absolute Gasteiger partial charge is 0.268 e. The van der Waals surface area contributed by atoms with Crippen LogP contribution >= 0.6 is 0 Å².